The second kappa shape index (κ2) is 4.63. The molecule has 9 nitrogen and oxygen atoms in total. The first-order valence-electron chi connectivity index (χ1n) is 5.79. The van der Waals surface area contributed by atoms with E-state index in [1.165, 1.54) is 10.9 Å². The average Bonchev–Trinajstić information content (AvgIpc) is 2.90. The van der Waals surface area contributed by atoms with Crippen molar-refractivity contribution in [3.8, 4) is 5.69 Å². The molecule has 0 unspecified atom stereocenters. The quantitative estimate of drug-likeness (QED) is 0.538. The zero-order valence-electron chi connectivity index (χ0n) is 10.4. The lowest BCUT2D eigenvalue weighted by atomic mass is 10.2. The van der Waals surface area contributed by atoms with Crippen LogP contribution in [-0.4, -0.2) is 24.4 Å². The highest BCUT2D eigenvalue weighted by Crippen LogP contribution is 2.32. The van der Waals surface area contributed by atoms with Crippen LogP contribution >= 0.6 is 0 Å². The molecule has 0 aliphatic rings. The number of benzene rings is 1. The Morgan fingerprint density at radius 1 is 1.00 bits per heavy atom. The Morgan fingerprint density at radius 3 is 2.24 bits per heavy atom. The summed E-state index contributed by atoms with van der Waals surface area (Å²) in [7, 11) is 0. The van der Waals surface area contributed by atoms with Crippen LogP contribution in [0.5, 0.6) is 0 Å². The summed E-state index contributed by atoms with van der Waals surface area (Å²) in [5, 5.41) is 22.3. The predicted octanol–water partition coefficient (Wildman–Crippen LogP) is 2.24. The molecule has 1 aromatic carbocycles. The second-order valence-corrected chi connectivity index (χ2v) is 4.14. The molecule has 2 aromatic heterocycles. The van der Waals surface area contributed by atoms with Crippen LogP contribution < -0.4 is 0 Å². The van der Waals surface area contributed by atoms with E-state index in [-0.39, 0.29) is 5.69 Å². The summed E-state index contributed by atoms with van der Waals surface area (Å²) in [5.74, 6) is 0. The molecule has 104 valence electrons. The Kier molecular flexibility index (Phi) is 2.79. The summed E-state index contributed by atoms with van der Waals surface area (Å²) in [4.78, 5) is 28.5. The van der Waals surface area contributed by atoms with Gasteiger partial charge in [-0.05, 0) is 12.1 Å². The topological polar surface area (TPSA) is 117 Å². The van der Waals surface area contributed by atoms with Crippen molar-refractivity contribution in [2.45, 2.75) is 0 Å². The number of imidazole rings is 1. The van der Waals surface area contributed by atoms with Crippen molar-refractivity contribution in [3.63, 3.8) is 0 Å². The van der Waals surface area contributed by atoms with Gasteiger partial charge < -0.3 is 0 Å². The Balaban J connectivity index is 2.40. The molecule has 9 heteroatoms. The third kappa shape index (κ3) is 1.96. The molecule has 21 heavy (non-hydrogen) atoms. The number of hydrogen-bond acceptors (Lipinski definition) is 6. The Bertz CT molecular complexity index is 841. The van der Waals surface area contributed by atoms with E-state index in [0.29, 0.717) is 11.0 Å². The largest absolute Gasteiger partial charge is 0.318 e. The molecule has 0 saturated heterocycles. The molecule has 0 N–H and O–H groups in total. The summed E-state index contributed by atoms with van der Waals surface area (Å²) in [5.41, 5.74) is 0.0567. The highest BCUT2D eigenvalue weighted by atomic mass is 16.6. The zero-order valence-corrected chi connectivity index (χ0v) is 10.4. The van der Waals surface area contributed by atoms with Gasteiger partial charge in [0.15, 0.2) is 0 Å². The van der Waals surface area contributed by atoms with Crippen molar-refractivity contribution in [2.75, 3.05) is 0 Å². The fraction of sp³-hybridized carbons (Fsp3) is 0. The van der Waals surface area contributed by atoms with Crippen LogP contribution in [0, 0.1) is 20.2 Å². The maximum Gasteiger partial charge on any atom is 0.318 e. The van der Waals surface area contributed by atoms with E-state index in [0.717, 1.165) is 12.4 Å². The smallest absolute Gasteiger partial charge is 0.287 e. The summed E-state index contributed by atoms with van der Waals surface area (Å²) in [6, 6.07) is 6.87. The number of aromatic nitrogens is 3. The van der Waals surface area contributed by atoms with Gasteiger partial charge in [-0.3, -0.25) is 29.8 Å². The summed E-state index contributed by atoms with van der Waals surface area (Å²) in [6.45, 7) is 0. The summed E-state index contributed by atoms with van der Waals surface area (Å²) in [6.07, 6.45) is 3.29. The van der Waals surface area contributed by atoms with E-state index >= 15 is 0 Å². The van der Waals surface area contributed by atoms with Gasteiger partial charge in [0.2, 0.25) is 5.69 Å². The number of pyridine rings is 1. The van der Waals surface area contributed by atoms with Gasteiger partial charge in [-0.2, -0.15) is 0 Å². The SMILES string of the molecule is O=[N+]([O-])c1cncc([N+](=O)[O-])c1-n1cnc2ccccc21. The van der Waals surface area contributed by atoms with E-state index in [9.17, 15) is 20.2 Å². The van der Waals surface area contributed by atoms with E-state index in [2.05, 4.69) is 9.97 Å². The molecule has 3 aromatic rings. The Morgan fingerprint density at radius 2 is 1.62 bits per heavy atom. The molecular formula is C12H7N5O4. The number of fused-ring (bicyclic) bond motifs is 1. The van der Waals surface area contributed by atoms with Crippen LogP contribution in [0.2, 0.25) is 0 Å². The molecule has 0 fully saturated rings. The lowest BCUT2D eigenvalue weighted by Crippen LogP contribution is -2.04. The molecule has 0 atom stereocenters. The van der Waals surface area contributed by atoms with E-state index < -0.39 is 21.2 Å². The molecule has 0 bridgehead atoms. The van der Waals surface area contributed by atoms with Crippen LogP contribution in [0.15, 0.2) is 43.0 Å². The van der Waals surface area contributed by atoms with Crippen LogP contribution in [-0.2, 0) is 0 Å². The van der Waals surface area contributed by atoms with Gasteiger partial charge in [0.25, 0.3) is 0 Å². The molecule has 0 radical (unpaired) electrons. The Labute approximate surface area is 116 Å². The van der Waals surface area contributed by atoms with Gasteiger partial charge in [0.1, 0.15) is 18.7 Å². The van der Waals surface area contributed by atoms with Gasteiger partial charge in [0, 0.05) is 0 Å². The van der Waals surface area contributed by atoms with Crippen LogP contribution in [0.1, 0.15) is 0 Å². The van der Waals surface area contributed by atoms with Crippen molar-refractivity contribution >= 4 is 22.4 Å². The van der Waals surface area contributed by atoms with Gasteiger partial charge >= 0.3 is 11.4 Å². The zero-order chi connectivity index (χ0) is 15.0. The molecule has 0 amide bonds. The fourth-order valence-corrected chi connectivity index (χ4v) is 2.08. The minimum Gasteiger partial charge on any atom is -0.287 e. The first-order chi connectivity index (χ1) is 10.1. The third-order valence-electron chi connectivity index (χ3n) is 2.97. The maximum absolute atomic E-state index is 11.1. The Hall–Kier alpha value is -3.36. The fourth-order valence-electron chi connectivity index (χ4n) is 2.08. The predicted molar refractivity (Wildman–Crippen MR) is 72.2 cm³/mol. The highest BCUT2D eigenvalue weighted by molar-refractivity contribution is 5.80. The number of nitro groups is 2. The van der Waals surface area contributed by atoms with Crippen molar-refractivity contribution in [1.82, 2.24) is 14.5 Å². The second-order valence-electron chi connectivity index (χ2n) is 4.14. The summed E-state index contributed by atoms with van der Waals surface area (Å²) < 4.78 is 1.33. The molecule has 0 saturated carbocycles. The lowest BCUT2D eigenvalue weighted by molar-refractivity contribution is -0.394. The lowest BCUT2D eigenvalue weighted by Gasteiger charge is -2.05. The van der Waals surface area contributed by atoms with Crippen molar-refractivity contribution < 1.29 is 9.85 Å². The average molecular weight is 285 g/mol. The maximum atomic E-state index is 11.1. The van der Waals surface area contributed by atoms with Gasteiger partial charge in [-0.15, -0.1) is 0 Å². The molecule has 0 aliphatic heterocycles. The first-order valence-corrected chi connectivity index (χ1v) is 5.79. The number of hydrogen-bond donors (Lipinski definition) is 0. The molecule has 0 spiro atoms. The molecule has 3 rings (SSSR count). The van der Waals surface area contributed by atoms with Gasteiger partial charge in [-0.25, -0.2) is 4.98 Å². The third-order valence-corrected chi connectivity index (χ3v) is 2.97. The molecular weight excluding hydrogens is 278 g/mol. The van der Waals surface area contributed by atoms with Crippen molar-refractivity contribution in [3.05, 3.63) is 63.2 Å². The van der Waals surface area contributed by atoms with E-state index in [1.807, 2.05) is 0 Å². The highest BCUT2D eigenvalue weighted by Gasteiger charge is 2.28. The molecule has 2 heterocycles. The molecule has 0 aliphatic carbocycles. The van der Waals surface area contributed by atoms with Gasteiger partial charge in [0.05, 0.1) is 20.9 Å². The van der Waals surface area contributed by atoms with Crippen molar-refractivity contribution in [1.29, 1.82) is 0 Å². The monoisotopic (exact) mass is 285 g/mol. The number of nitrogens with zero attached hydrogens (tertiary/aromatic N) is 5. The number of rotatable bonds is 3. The summed E-state index contributed by atoms with van der Waals surface area (Å²) >= 11 is 0. The van der Waals surface area contributed by atoms with Crippen LogP contribution in [0.25, 0.3) is 16.7 Å². The van der Waals surface area contributed by atoms with Crippen LogP contribution in [0.3, 0.4) is 0 Å². The van der Waals surface area contributed by atoms with Gasteiger partial charge in [-0.1, -0.05) is 12.1 Å². The first kappa shape index (κ1) is 12.7. The van der Waals surface area contributed by atoms with Crippen LogP contribution in [0.4, 0.5) is 11.4 Å². The van der Waals surface area contributed by atoms with Crippen molar-refractivity contribution in [2.24, 2.45) is 0 Å². The minimum atomic E-state index is -0.704. The van der Waals surface area contributed by atoms with E-state index in [4.69, 9.17) is 0 Å². The number of para-hydroxylation sites is 2. The minimum absolute atomic E-state index is 0.159. The van der Waals surface area contributed by atoms with E-state index in [1.54, 1.807) is 24.3 Å². The standard InChI is InChI=1S/C12H7N5O4/c18-16(19)10-5-13-6-11(17(20)21)12(10)15-7-14-8-3-1-2-4-9(8)15/h1-7H. The normalized spacial score (nSPS) is 10.7.